The maximum atomic E-state index is 13.2. The van der Waals surface area contributed by atoms with Crippen molar-refractivity contribution in [1.29, 1.82) is 0 Å². The summed E-state index contributed by atoms with van der Waals surface area (Å²) in [7, 11) is -3.50. The highest BCUT2D eigenvalue weighted by Crippen LogP contribution is 2.35. The van der Waals surface area contributed by atoms with Crippen molar-refractivity contribution in [3.63, 3.8) is 0 Å². The van der Waals surface area contributed by atoms with Gasteiger partial charge in [0.2, 0.25) is 0 Å². The van der Waals surface area contributed by atoms with Gasteiger partial charge in [-0.25, -0.2) is 4.98 Å². The van der Waals surface area contributed by atoms with Gasteiger partial charge in [-0.1, -0.05) is 19.3 Å². The summed E-state index contributed by atoms with van der Waals surface area (Å²) in [5.41, 5.74) is 1.56. The molecule has 5 rings (SSSR count). The fraction of sp³-hybridized carbons (Fsp3) is 0.818. The quantitative estimate of drug-likeness (QED) is 0.744. The van der Waals surface area contributed by atoms with Crippen molar-refractivity contribution < 1.29 is 8.42 Å². The van der Waals surface area contributed by atoms with Crippen LogP contribution in [0.15, 0.2) is 4.79 Å². The highest BCUT2D eigenvalue weighted by molar-refractivity contribution is 7.86. The van der Waals surface area contributed by atoms with Gasteiger partial charge in [0.25, 0.3) is 15.8 Å². The van der Waals surface area contributed by atoms with Gasteiger partial charge in [0.05, 0.1) is 17.3 Å². The number of fused-ring (bicyclic) bond motifs is 1. The molecule has 3 fully saturated rings. The maximum Gasteiger partial charge on any atom is 0.282 e. The van der Waals surface area contributed by atoms with Crippen molar-refractivity contribution >= 4 is 10.2 Å². The second kappa shape index (κ2) is 8.92. The Hall–Kier alpha value is -1.29. The van der Waals surface area contributed by atoms with Gasteiger partial charge in [-0.15, -0.1) is 0 Å². The predicted octanol–water partition coefficient (Wildman–Crippen LogP) is 2.19. The van der Waals surface area contributed by atoms with E-state index in [9.17, 15) is 13.2 Å². The van der Waals surface area contributed by atoms with E-state index in [2.05, 4.69) is 9.88 Å². The van der Waals surface area contributed by atoms with Crippen molar-refractivity contribution in [2.75, 3.05) is 32.7 Å². The third-order valence-electron chi connectivity index (χ3n) is 7.61. The average molecular weight is 450 g/mol. The second-order valence-corrected chi connectivity index (χ2v) is 11.6. The van der Waals surface area contributed by atoms with Gasteiger partial charge in [-0.2, -0.15) is 17.0 Å². The van der Waals surface area contributed by atoms with E-state index in [1.165, 1.54) is 32.1 Å². The van der Waals surface area contributed by atoms with Crippen molar-refractivity contribution in [3.8, 4) is 0 Å². The summed E-state index contributed by atoms with van der Waals surface area (Å²) < 4.78 is 29.5. The number of H-pyrrole nitrogens is 1. The normalized spacial score (nSPS) is 27.0. The van der Waals surface area contributed by atoms with Gasteiger partial charge in [-0.05, 0) is 44.4 Å². The van der Waals surface area contributed by atoms with Crippen LogP contribution in [0.3, 0.4) is 0 Å². The van der Waals surface area contributed by atoms with E-state index in [1.54, 1.807) is 8.61 Å². The van der Waals surface area contributed by atoms with Gasteiger partial charge in [-0.3, -0.25) is 9.69 Å². The first-order valence-corrected chi connectivity index (χ1v) is 13.5. The van der Waals surface area contributed by atoms with E-state index in [0.717, 1.165) is 55.9 Å². The minimum Gasteiger partial charge on any atom is -0.309 e. The molecule has 0 aromatic carbocycles. The molecule has 0 unspecified atom stereocenters. The molecule has 0 amide bonds. The molecule has 1 aliphatic carbocycles. The molecule has 9 heteroatoms. The molecule has 1 saturated carbocycles. The third-order valence-corrected chi connectivity index (χ3v) is 9.66. The van der Waals surface area contributed by atoms with Crippen LogP contribution in [0, 0.1) is 5.92 Å². The summed E-state index contributed by atoms with van der Waals surface area (Å²) in [4.78, 5) is 23.2. The molecular weight excluding hydrogens is 414 g/mol. The summed E-state index contributed by atoms with van der Waals surface area (Å²) in [5.74, 6) is 1.29. The molecule has 8 nitrogen and oxygen atoms in total. The van der Waals surface area contributed by atoms with Crippen LogP contribution >= 0.6 is 0 Å². The predicted molar refractivity (Wildman–Crippen MR) is 119 cm³/mol. The molecule has 1 atom stereocenters. The van der Waals surface area contributed by atoms with Crippen LogP contribution < -0.4 is 5.56 Å². The Morgan fingerprint density at radius 1 is 0.935 bits per heavy atom. The molecule has 4 heterocycles. The summed E-state index contributed by atoms with van der Waals surface area (Å²) >= 11 is 0. The lowest BCUT2D eigenvalue weighted by Gasteiger charge is -2.33. The van der Waals surface area contributed by atoms with Crippen LogP contribution in [-0.4, -0.2) is 64.6 Å². The van der Waals surface area contributed by atoms with E-state index < -0.39 is 10.2 Å². The first-order valence-electron chi connectivity index (χ1n) is 12.1. The van der Waals surface area contributed by atoms with Crippen LogP contribution in [0.1, 0.15) is 80.9 Å². The zero-order chi connectivity index (χ0) is 21.4. The molecule has 4 aliphatic rings. The number of aromatic nitrogens is 2. The van der Waals surface area contributed by atoms with Crippen molar-refractivity contribution in [1.82, 2.24) is 23.5 Å². The smallest absolute Gasteiger partial charge is 0.282 e. The topological polar surface area (TPSA) is 89.6 Å². The standard InChI is InChI=1S/C22H35N5O3S/c28-22-18-16-25(15-17-7-2-1-3-8-17)14-10-19(18)23-21(24-22)20-9-6-13-27(20)31(29,30)26-11-4-5-12-26/h17,20H,1-16H2,(H,23,24,28)/t20-/m1/s1. The third kappa shape index (κ3) is 4.34. The van der Waals surface area contributed by atoms with E-state index in [1.807, 2.05) is 0 Å². The molecule has 3 aliphatic heterocycles. The van der Waals surface area contributed by atoms with Crippen molar-refractivity contribution in [3.05, 3.63) is 27.4 Å². The molecule has 31 heavy (non-hydrogen) atoms. The summed E-state index contributed by atoms with van der Waals surface area (Å²) in [6, 6.07) is -0.358. The fourth-order valence-corrected chi connectivity index (χ4v) is 7.81. The van der Waals surface area contributed by atoms with Crippen LogP contribution in [0.5, 0.6) is 0 Å². The minimum atomic E-state index is -3.50. The zero-order valence-electron chi connectivity index (χ0n) is 18.4. The van der Waals surface area contributed by atoms with Crippen molar-refractivity contribution in [2.45, 2.75) is 76.8 Å². The number of hydrogen-bond donors (Lipinski definition) is 1. The molecular formula is C22H35N5O3S. The first-order chi connectivity index (χ1) is 15.0. The minimum absolute atomic E-state index is 0.0845. The SMILES string of the molecule is O=c1[nH]c([C@H]2CCCN2S(=O)(=O)N2CCCC2)nc2c1CN(CC1CCCCC1)CC2. The Morgan fingerprint density at radius 3 is 2.48 bits per heavy atom. The molecule has 1 N–H and O–H groups in total. The Kier molecular flexibility index (Phi) is 6.20. The summed E-state index contributed by atoms with van der Waals surface area (Å²) in [6.45, 7) is 4.35. The number of nitrogens with one attached hydrogen (secondary N) is 1. The Bertz CT molecular complexity index is 950. The number of nitrogens with zero attached hydrogens (tertiary/aromatic N) is 4. The lowest BCUT2D eigenvalue weighted by atomic mass is 9.88. The monoisotopic (exact) mass is 449 g/mol. The molecule has 1 aromatic rings. The van der Waals surface area contributed by atoms with Gasteiger partial charge in [0, 0.05) is 45.7 Å². The van der Waals surface area contributed by atoms with Crippen LogP contribution in [-0.2, 0) is 23.2 Å². The van der Waals surface area contributed by atoms with Gasteiger partial charge < -0.3 is 4.98 Å². The van der Waals surface area contributed by atoms with Crippen LogP contribution in [0.4, 0.5) is 0 Å². The van der Waals surface area contributed by atoms with Crippen molar-refractivity contribution in [2.24, 2.45) is 5.92 Å². The highest BCUT2D eigenvalue weighted by Gasteiger charge is 2.41. The highest BCUT2D eigenvalue weighted by atomic mass is 32.2. The molecule has 0 radical (unpaired) electrons. The molecule has 0 spiro atoms. The Labute approximate surface area is 185 Å². The number of aromatic amines is 1. The molecule has 172 valence electrons. The van der Waals surface area contributed by atoms with E-state index >= 15 is 0 Å². The molecule has 0 bridgehead atoms. The van der Waals surface area contributed by atoms with Crippen LogP contribution in [0.2, 0.25) is 0 Å². The zero-order valence-corrected chi connectivity index (χ0v) is 19.2. The second-order valence-electron chi connectivity index (χ2n) is 9.75. The number of rotatable bonds is 5. The lowest BCUT2D eigenvalue weighted by molar-refractivity contribution is 0.184. The summed E-state index contributed by atoms with van der Waals surface area (Å²) in [6.07, 6.45) is 10.8. The average Bonchev–Trinajstić information content (AvgIpc) is 3.48. The summed E-state index contributed by atoms with van der Waals surface area (Å²) in [5, 5.41) is 0. The van der Waals surface area contributed by atoms with E-state index in [-0.39, 0.29) is 11.6 Å². The van der Waals surface area contributed by atoms with Gasteiger partial charge in [0.1, 0.15) is 5.82 Å². The largest absolute Gasteiger partial charge is 0.309 e. The Morgan fingerprint density at radius 2 is 1.71 bits per heavy atom. The number of hydrogen-bond acceptors (Lipinski definition) is 5. The Balaban J connectivity index is 1.34. The first kappa shape index (κ1) is 21.6. The van der Waals surface area contributed by atoms with Gasteiger partial charge in [0.15, 0.2) is 0 Å². The van der Waals surface area contributed by atoms with Gasteiger partial charge >= 0.3 is 0 Å². The fourth-order valence-electron chi connectivity index (χ4n) is 5.91. The maximum absolute atomic E-state index is 13.2. The lowest BCUT2D eigenvalue weighted by Crippen LogP contribution is -2.43. The molecule has 1 aromatic heterocycles. The molecule has 2 saturated heterocycles. The van der Waals surface area contributed by atoms with Crippen LogP contribution in [0.25, 0.3) is 0 Å². The van der Waals surface area contributed by atoms with E-state index in [4.69, 9.17) is 4.98 Å². The van der Waals surface area contributed by atoms with E-state index in [0.29, 0.717) is 38.4 Å².